The first-order chi connectivity index (χ1) is 12.3. The van der Waals surface area contributed by atoms with Gasteiger partial charge in [-0.1, -0.05) is 42.5 Å². The number of amides is 1. The number of carbonyl (C=O) groups excluding carboxylic acids is 1. The fourth-order valence-electron chi connectivity index (χ4n) is 2.60. The smallest absolute Gasteiger partial charge is 0.269 e. The molecule has 2 rings (SSSR count). The van der Waals surface area contributed by atoms with Crippen LogP contribution in [0.4, 0.5) is 0 Å². The van der Waals surface area contributed by atoms with Gasteiger partial charge < -0.3 is 0 Å². The van der Waals surface area contributed by atoms with Crippen LogP contribution in [-0.4, -0.2) is 37.9 Å². The molecule has 0 spiro atoms. The molecule has 5 nitrogen and oxygen atoms in total. The summed E-state index contributed by atoms with van der Waals surface area (Å²) < 4.78 is 24.2. The van der Waals surface area contributed by atoms with E-state index in [9.17, 15) is 13.2 Å². The van der Waals surface area contributed by atoms with Gasteiger partial charge in [-0.2, -0.15) is 0 Å². The lowest BCUT2D eigenvalue weighted by atomic mass is 10.0. The van der Waals surface area contributed by atoms with Gasteiger partial charge in [-0.25, -0.2) is 13.5 Å². The number of rotatable bonds is 7. The van der Waals surface area contributed by atoms with E-state index >= 15 is 0 Å². The molecule has 0 fully saturated rings. The maximum Gasteiger partial charge on any atom is 0.269 e. The molecule has 26 heavy (non-hydrogen) atoms. The van der Waals surface area contributed by atoms with Crippen LogP contribution in [0.5, 0.6) is 0 Å². The summed E-state index contributed by atoms with van der Waals surface area (Å²) in [5, 5.41) is 9.52. The second-order valence-electron chi connectivity index (χ2n) is 6.18. The molecular formula is C20H23NO4S. The lowest BCUT2D eigenvalue weighted by molar-refractivity contribution is -0.153. The molecule has 0 atom stereocenters. The van der Waals surface area contributed by atoms with E-state index in [4.69, 9.17) is 5.21 Å². The molecule has 0 bridgehead atoms. The van der Waals surface area contributed by atoms with Crippen molar-refractivity contribution in [2.45, 2.75) is 24.2 Å². The van der Waals surface area contributed by atoms with Gasteiger partial charge in [0.2, 0.25) is 0 Å². The van der Waals surface area contributed by atoms with Crippen LogP contribution < -0.4 is 0 Å². The van der Waals surface area contributed by atoms with Crippen LogP contribution in [0.3, 0.4) is 0 Å². The first kappa shape index (κ1) is 19.9. The molecule has 6 heteroatoms. The van der Waals surface area contributed by atoms with Crippen LogP contribution in [0.15, 0.2) is 59.5 Å². The van der Waals surface area contributed by atoms with E-state index < -0.39 is 15.7 Å². The van der Waals surface area contributed by atoms with Gasteiger partial charge in [-0.15, -0.1) is 0 Å². The molecule has 0 saturated heterocycles. The highest BCUT2D eigenvalue weighted by molar-refractivity contribution is 7.90. The van der Waals surface area contributed by atoms with E-state index in [1.807, 2.05) is 24.3 Å². The molecule has 2 aromatic carbocycles. The Bertz CT molecular complexity index is 887. The van der Waals surface area contributed by atoms with Crippen molar-refractivity contribution in [2.24, 2.45) is 0 Å². The van der Waals surface area contributed by atoms with Crippen LogP contribution >= 0.6 is 0 Å². The molecule has 0 aromatic heterocycles. The normalized spacial score (nSPS) is 11.7. The van der Waals surface area contributed by atoms with E-state index in [2.05, 4.69) is 12.1 Å². The summed E-state index contributed by atoms with van der Waals surface area (Å²) in [6.07, 6.45) is 6.29. The van der Waals surface area contributed by atoms with E-state index in [1.54, 1.807) is 12.1 Å². The summed E-state index contributed by atoms with van der Waals surface area (Å²) in [4.78, 5) is 11.6. The van der Waals surface area contributed by atoms with Crippen LogP contribution in [0.1, 0.15) is 23.1 Å². The summed E-state index contributed by atoms with van der Waals surface area (Å²) in [7, 11) is -2.23. The molecule has 0 radical (unpaired) electrons. The average molecular weight is 373 g/mol. The number of hydrogen-bond donors (Lipinski definition) is 1. The van der Waals surface area contributed by atoms with Crippen molar-refractivity contribution in [2.75, 3.05) is 13.3 Å². The molecule has 0 aliphatic carbocycles. The number of likely N-dealkylation sites (N-methyl/N-ethyl adjacent to an activating group) is 1. The zero-order valence-electron chi connectivity index (χ0n) is 14.9. The summed E-state index contributed by atoms with van der Waals surface area (Å²) >= 11 is 0. The third-order valence-corrected chi connectivity index (χ3v) is 5.13. The monoisotopic (exact) mass is 373 g/mol. The van der Waals surface area contributed by atoms with E-state index in [-0.39, 0.29) is 4.90 Å². The number of aryl methyl sites for hydroxylation is 2. The highest BCUT2D eigenvalue weighted by Crippen LogP contribution is 2.21. The molecule has 138 valence electrons. The summed E-state index contributed by atoms with van der Waals surface area (Å²) in [5.74, 6) is -0.628. The Hall–Kier alpha value is -2.44. The lowest BCUT2D eigenvalue weighted by Gasteiger charge is -2.09. The van der Waals surface area contributed by atoms with Crippen molar-refractivity contribution < 1.29 is 18.4 Å². The molecule has 0 aliphatic rings. The van der Waals surface area contributed by atoms with Crippen molar-refractivity contribution in [3.05, 3.63) is 71.3 Å². The maximum atomic E-state index is 12.1. The van der Waals surface area contributed by atoms with Crippen molar-refractivity contribution in [1.82, 2.24) is 5.06 Å². The predicted octanol–water partition coefficient (Wildman–Crippen LogP) is 3.13. The predicted molar refractivity (Wildman–Crippen MR) is 102 cm³/mol. The van der Waals surface area contributed by atoms with Crippen molar-refractivity contribution in [3.8, 4) is 0 Å². The third kappa shape index (κ3) is 5.82. The Morgan fingerprint density at radius 1 is 1.08 bits per heavy atom. The minimum absolute atomic E-state index is 0.180. The Balaban J connectivity index is 2.16. The lowest BCUT2D eigenvalue weighted by Crippen LogP contribution is -2.19. The van der Waals surface area contributed by atoms with Gasteiger partial charge in [0.1, 0.15) is 0 Å². The maximum absolute atomic E-state index is 12.1. The number of benzene rings is 2. The number of hydroxylamine groups is 2. The SMILES string of the molecule is CN(O)C(=O)C=Cc1ccc(CCCc2ccccc2)cc1S(C)(=O)=O. The molecule has 1 amide bonds. The Morgan fingerprint density at radius 3 is 2.35 bits per heavy atom. The second-order valence-corrected chi connectivity index (χ2v) is 8.16. The Labute approximate surface area is 154 Å². The second kappa shape index (κ2) is 8.78. The topological polar surface area (TPSA) is 74.7 Å². The van der Waals surface area contributed by atoms with Gasteiger partial charge in [0.05, 0.1) is 4.90 Å². The van der Waals surface area contributed by atoms with E-state index in [1.165, 1.54) is 18.7 Å². The van der Waals surface area contributed by atoms with E-state index in [0.29, 0.717) is 10.6 Å². The zero-order valence-corrected chi connectivity index (χ0v) is 15.7. The number of carbonyl (C=O) groups is 1. The third-order valence-electron chi connectivity index (χ3n) is 3.98. The van der Waals surface area contributed by atoms with Crippen molar-refractivity contribution >= 4 is 21.8 Å². The fourth-order valence-corrected chi connectivity index (χ4v) is 3.53. The van der Waals surface area contributed by atoms with E-state index in [0.717, 1.165) is 37.2 Å². The van der Waals surface area contributed by atoms with Gasteiger partial charge in [0.25, 0.3) is 5.91 Å². The van der Waals surface area contributed by atoms with Crippen molar-refractivity contribution in [1.29, 1.82) is 0 Å². The molecule has 0 unspecified atom stereocenters. The van der Waals surface area contributed by atoms with Crippen LogP contribution in [0, 0.1) is 0 Å². The van der Waals surface area contributed by atoms with Gasteiger partial charge in [-0.3, -0.25) is 10.0 Å². The number of nitrogens with zero attached hydrogens (tertiary/aromatic N) is 1. The van der Waals surface area contributed by atoms with Gasteiger partial charge >= 0.3 is 0 Å². The standard InChI is InChI=1S/C20H23NO4S/c1-21(23)20(22)14-13-18-12-11-17(15-19(18)26(2,24)25)10-6-9-16-7-4-3-5-8-16/h3-5,7-8,11-15,23H,6,9-10H2,1-2H3. The minimum Gasteiger partial charge on any atom is -0.286 e. The Kier molecular flexibility index (Phi) is 6.71. The summed E-state index contributed by atoms with van der Waals surface area (Å²) in [6.45, 7) is 0. The quantitative estimate of drug-likeness (QED) is 0.460. The number of hydrogen-bond acceptors (Lipinski definition) is 4. The van der Waals surface area contributed by atoms with Gasteiger partial charge in [-0.05, 0) is 48.1 Å². The molecule has 0 aliphatic heterocycles. The zero-order chi connectivity index (χ0) is 19.2. The van der Waals surface area contributed by atoms with Gasteiger partial charge in [0, 0.05) is 19.4 Å². The van der Waals surface area contributed by atoms with Crippen LogP contribution in [0.25, 0.3) is 6.08 Å². The largest absolute Gasteiger partial charge is 0.286 e. The average Bonchev–Trinajstić information content (AvgIpc) is 2.60. The molecule has 0 heterocycles. The highest BCUT2D eigenvalue weighted by Gasteiger charge is 2.13. The first-order valence-corrected chi connectivity index (χ1v) is 10.2. The van der Waals surface area contributed by atoms with Crippen LogP contribution in [0.2, 0.25) is 0 Å². The minimum atomic E-state index is -3.44. The molecule has 2 aromatic rings. The molecule has 1 N–H and O–H groups in total. The molecule has 0 saturated carbocycles. The molecular weight excluding hydrogens is 350 g/mol. The Morgan fingerprint density at radius 2 is 1.73 bits per heavy atom. The summed E-state index contributed by atoms with van der Waals surface area (Å²) in [6, 6.07) is 15.4. The summed E-state index contributed by atoms with van der Waals surface area (Å²) in [5.41, 5.74) is 2.61. The van der Waals surface area contributed by atoms with Crippen molar-refractivity contribution in [3.63, 3.8) is 0 Å². The highest BCUT2D eigenvalue weighted by atomic mass is 32.2. The number of sulfone groups is 1. The van der Waals surface area contributed by atoms with Gasteiger partial charge in [0.15, 0.2) is 9.84 Å². The fraction of sp³-hybridized carbons (Fsp3) is 0.250. The van der Waals surface area contributed by atoms with Crippen LogP contribution in [-0.2, 0) is 27.5 Å². The first-order valence-electron chi connectivity index (χ1n) is 8.29.